The van der Waals surface area contributed by atoms with Gasteiger partial charge in [0.1, 0.15) is 0 Å². The van der Waals surface area contributed by atoms with Gasteiger partial charge in [-0.2, -0.15) is 0 Å². The smallest absolute Gasteiger partial charge is 0.305 e. The predicted molar refractivity (Wildman–Crippen MR) is 380 cm³/mol. The van der Waals surface area contributed by atoms with Crippen molar-refractivity contribution in [3.63, 3.8) is 0 Å². The first-order chi connectivity index (χ1) is 42.5. The van der Waals surface area contributed by atoms with Gasteiger partial charge < -0.3 is 20.3 Å². The van der Waals surface area contributed by atoms with Gasteiger partial charge in [0.25, 0.3) is 0 Å². The summed E-state index contributed by atoms with van der Waals surface area (Å²) in [5.74, 6) is -0.00843. The predicted octanol–water partition coefficient (Wildman–Crippen LogP) is 26.0. The Hall–Kier alpha value is -1.66. The second-order valence-corrected chi connectivity index (χ2v) is 27.4. The number of esters is 1. The molecule has 0 saturated carbocycles. The summed E-state index contributed by atoms with van der Waals surface area (Å²) in [4.78, 5) is 24.6. The molecule has 0 aliphatic carbocycles. The molecule has 86 heavy (non-hydrogen) atoms. The number of aliphatic hydroxyl groups is 2. The second kappa shape index (κ2) is 75.8. The van der Waals surface area contributed by atoms with Crippen LogP contribution in [0.2, 0.25) is 0 Å². The van der Waals surface area contributed by atoms with Crippen LogP contribution in [-0.4, -0.2) is 47.4 Å². The van der Waals surface area contributed by atoms with Gasteiger partial charge >= 0.3 is 5.97 Å². The minimum Gasteiger partial charge on any atom is -0.466 e. The molecule has 3 N–H and O–H groups in total. The van der Waals surface area contributed by atoms with E-state index in [4.69, 9.17) is 4.74 Å². The third-order valence-electron chi connectivity index (χ3n) is 18.7. The van der Waals surface area contributed by atoms with Crippen LogP contribution in [0.3, 0.4) is 0 Å². The molecule has 6 heteroatoms. The largest absolute Gasteiger partial charge is 0.466 e. The molecule has 0 aliphatic heterocycles. The van der Waals surface area contributed by atoms with Gasteiger partial charge in [-0.25, -0.2) is 0 Å². The van der Waals surface area contributed by atoms with E-state index in [9.17, 15) is 19.8 Å². The number of amides is 1. The van der Waals surface area contributed by atoms with E-state index in [0.29, 0.717) is 25.9 Å². The molecule has 0 aromatic carbocycles. The SMILES string of the molecule is CCCCCCCC/C=C\CCCCCCCCCC(=O)OCCCCCCCCCCCCCCCCCC/C=C\CCCCCCCCCCCCCCCCCCCC(=O)NC(CO)C(O)CCCCCCCCCCCCCCCCC. The Labute approximate surface area is 539 Å². The first-order valence-corrected chi connectivity index (χ1v) is 39.6. The van der Waals surface area contributed by atoms with Crippen LogP contribution in [0.5, 0.6) is 0 Å². The monoisotopic (exact) mass is 1210 g/mol. The van der Waals surface area contributed by atoms with Gasteiger partial charge in [0.2, 0.25) is 5.91 Å². The fourth-order valence-corrected chi connectivity index (χ4v) is 12.7. The second-order valence-electron chi connectivity index (χ2n) is 27.4. The standard InChI is InChI=1S/C80H155NO5/c1-3-5-7-9-11-13-15-17-19-41-46-50-54-58-62-66-70-74-80(85)86-75-71-67-63-59-55-51-47-43-40-38-36-34-32-30-28-26-24-22-20-21-23-25-27-29-31-33-35-37-39-42-45-49-53-57-61-65-69-73-79(84)81-77(76-82)78(83)72-68-64-60-56-52-48-44-18-16-14-12-10-8-6-4-2/h17,19-20,22,77-78,82-83H,3-16,18,21,23-76H2,1-2H3,(H,81,84)/b19-17-,22-20-. The van der Waals surface area contributed by atoms with Gasteiger partial charge in [-0.05, 0) is 77.0 Å². The van der Waals surface area contributed by atoms with E-state index in [1.54, 1.807) is 0 Å². The molecule has 0 aromatic rings. The summed E-state index contributed by atoms with van der Waals surface area (Å²) in [7, 11) is 0. The minimum atomic E-state index is -0.661. The third-order valence-corrected chi connectivity index (χ3v) is 18.7. The lowest BCUT2D eigenvalue weighted by Crippen LogP contribution is -2.45. The number of aliphatic hydroxyl groups excluding tert-OH is 2. The van der Waals surface area contributed by atoms with E-state index in [2.05, 4.69) is 43.5 Å². The molecule has 6 nitrogen and oxygen atoms in total. The molecule has 0 aliphatic rings. The quantitative estimate of drug-likeness (QED) is 0.0320. The van der Waals surface area contributed by atoms with E-state index in [1.807, 2.05) is 0 Å². The maximum absolute atomic E-state index is 12.5. The third kappa shape index (κ3) is 71.4. The number of unbranched alkanes of at least 4 members (excludes halogenated alkanes) is 60. The fraction of sp³-hybridized carbons (Fsp3) is 0.925. The van der Waals surface area contributed by atoms with Crippen LogP contribution in [0.15, 0.2) is 24.3 Å². The molecule has 0 radical (unpaired) electrons. The van der Waals surface area contributed by atoms with Gasteiger partial charge in [-0.3, -0.25) is 9.59 Å². The maximum atomic E-state index is 12.5. The van der Waals surface area contributed by atoms with Crippen molar-refractivity contribution in [2.75, 3.05) is 13.2 Å². The molecule has 510 valence electrons. The number of allylic oxidation sites excluding steroid dienone is 4. The number of nitrogens with one attached hydrogen (secondary N) is 1. The topological polar surface area (TPSA) is 95.9 Å². The number of carbonyl (C=O) groups excluding carboxylic acids is 2. The lowest BCUT2D eigenvalue weighted by molar-refractivity contribution is -0.143. The van der Waals surface area contributed by atoms with Gasteiger partial charge in [-0.15, -0.1) is 0 Å². The molecule has 2 atom stereocenters. The highest BCUT2D eigenvalue weighted by Gasteiger charge is 2.20. The fourth-order valence-electron chi connectivity index (χ4n) is 12.7. The summed E-state index contributed by atoms with van der Waals surface area (Å²) in [6.45, 7) is 4.99. The molecule has 0 rings (SSSR count). The molecule has 0 fully saturated rings. The molecular weight excluding hydrogens is 1050 g/mol. The molecule has 2 unspecified atom stereocenters. The van der Waals surface area contributed by atoms with Crippen molar-refractivity contribution in [3.8, 4) is 0 Å². The Bertz CT molecular complexity index is 1350. The minimum absolute atomic E-state index is 0.0190. The number of hydrogen-bond donors (Lipinski definition) is 3. The molecule has 0 bridgehead atoms. The first-order valence-electron chi connectivity index (χ1n) is 39.6. The van der Waals surface area contributed by atoms with Crippen molar-refractivity contribution in [3.05, 3.63) is 24.3 Å². The average molecular weight is 1210 g/mol. The highest BCUT2D eigenvalue weighted by molar-refractivity contribution is 5.76. The summed E-state index contributed by atoms with van der Waals surface area (Å²) >= 11 is 0. The van der Waals surface area contributed by atoms with Gasteiger partial charge in [0, 0.05) is 12.8 Å². The van der Waals surface area contributed by atoms with Crippen LogP contribution in [0, 0.1) is 0 Å². The van der Waals surface area contributed by atoms with Crippen LogP contribution in [-0.2, 0) is 14.3 Å². The first kappa shape index (κ1) is 84.3. The van der Waals surface area contributed by atoms with Crippen molar-refractivity contribution in [1.82, 2.24) is 5.32 Å². The van der Waals surface area contributed by atoms with E-state index in [1.165, 1.54) is 379 Å². The summed E-state index contributed by atoms with van der Waals surface area (Å²) < 4.78 is 5.51. The molecular formula is C80H155NO5. The zero-order valence-corrected chi connectivity index (χ0v) is 58.6. The van der Waals surface area contributed by atoms with Crippen LogP contribution in [0.25, 0.3) is 0 Å². The summed E-state index contributed by atoms with van der Waals surface area (Å²) in [6.07, 6.45) is 97.1. The Morgan fingerprint density at radius 3 is 0.826 bits per heavy atom. The van der Waals surface area contributed by atoms with Crippen molar-refractivity contribution in [2.45, 2.75) is 463 Å². The average Bonchev–Trinajstić information content (AvgIpc) is 3.55. The zero-order valence-electron chi connectivity index (χ0n) is 58.6. The molecule has 0 aromatic heterocycles. The molecule has 0 heterocycles. The van der Waals surface area contributed by atoms with Gasteiger partial charge in [-0.1, -0.05) is 385 Å². The number of rotatable bonds is 75. The zero-order chi connectivity index (χ0) is 62.0. The number of ether oxygens (including phenoxy) is 1. The van der Waals surface area contributed by atoms with Crippen molar-refractivity contribution in [2.24, 2.45) is 0 Å². The van der Waals surface area contributed by atoms with E-state index in [-0.39, 0.29) is 18.5 Å². The van der Waals surface area contributed by atoms with E-state index < -0.39 is 12.1 Å². The molecule has 1 amide bonds. The maximum Gasteiger partial charge on any atom is 0.305 e. The van der Waals surface area contributed by atoms with Crippen molar-refractivity contribution >= 4 is 11.9 Å². The Kier molecular flexibility index (Phi) is 74.3. The summed E-state index contributed by atoms with van der Waals surface area (Å²) in [5.41, 5.74) is 0. The van der Waals surface area contributed by atoms with Crippen molar-refractivity contribution in [1.29, 1.82) is 0 Å². The molecule has 0 saturated heterocycles. The molecule has 0 spiro atoms. The van der Waals surface area contributed by atoms with Crippen molar-refractivity contribution < 1.29 is 24.5 Å². The van der Waals surface area contributed by atoms with Gasteiger partial charge in [0.05, 0.1) is 25.4 Å². The highest BCUT2D eigenvalue weighted by Crippen LogP contribution is 2.20. The van der Waals surface area contributed by atoms with E-state index in [0.717, 1.165) is 38.5 Å². The Morgan fingerprint density at radius 1 is 0.314 bits per heavy atom. The number of carbonyl (C=O) groups is 2. The van der Waals surface area contributed by atoms with Crippen LogP contribution >= 0.6 is 0 Å². The van der Waals surface area contributed by atoms with Crippen LogP contribution in [0.4, 0.5) is 0 Å². The Morgan fingerprint density at radius 2 is 0.547 bits per heavy atom. The normalized spacial score (nSPS) is 12.6. The summed E-state index contributed by atoms with van der Waals surface area (Å²) in [5, 5.41) is 23.4. The lowest BCUT2D eigenvalue weighted by atomic mass is 10.0. The summed E-state index contributed by atoms with van der Waals surface area (Å²) in [6, 6.07) is -0.538. The Balaban J connectivity index is 3.31. The van der Waals surface area contributed by atoms with Crippen LogP contribution in [0.1, 0.15) is 450 Å². The van der Waals surface area contributed by atoms with Gasteiger partial charge in [0.15, 0.2) is 0 Å². The number of hydrogen-bond acceptors (Lipinski definition) is 5. The lowest BCUT2D eigenvalue weighted by Gasteiger charge is -2.22. The van der Waals surface area contributed by atoms with E-state index >= 15 is 0 Å². The van der Waals surface area contributed by atoms with Crippen LogP contribution < -0.4 is 5.32 Å². The highest BCUT2D eigenvalue weighted by atomic mass is 16.5.